The van der Waals surface area contributed by atoms with Crippen LogP contribution in [0.3, 0.4) is 0 Å². The SMILES string of the molecule is CCOc1ccc(NC(=S)N2CCC(N(C)[C@@H](C)CC)CC2)cc1. The minimum absolute atomic E-state index is 0.649. The molecule has 1 fully saturated rings. The molecule has 0 spiro atoms. The lowest BCUT2D eigenvalue weighted by Crippen LogP contribution is -2.48. The summed E-state index contributed by atoms with van der Waals surface area (Å²) in [4.78, 5) is 4.81. The van der Waals surface area contributed by atoms with E-state index in [2.05, 4.69) is 36.0 Å². The standard InChI is InChI=1S/C19H31N3OS/c1-5-15(3)21(4)17-11-13-22(14-12-17)19(24)20-16-7-9-18(10-8-16)23-6-2/h7-10,15,17H,5-6,11-14H2,1-4H3,(H,20,24)/t15-/m0/s1. The highest BCUT2D eigenvalue weighted by molar-refractivity contribution is 7.80. The Morgan fingerprint density at radius 1 is 1.29 bits per heavy atom. The smallest absolute Gasteiger partial charge is 0.173 e. The molecule has 0 aromatic heterocycles. The highest BCUT2D eigenvalue weighted by atomic mass is 32.1. The monoisotopic (exact) mass is 349 g/mol. The summed E-state index contributed by atoms with van der Waals surface area (Å²) >= 11 is 5.59. The van der Waals surface area contributed by atoms with E-state index in [1.807, 2.05) is 31.2 Å². The molecule has 1 N–H and O–H groups in total. The van der Waals surface area contributed by atoms with E-state index in [1.165, 1.54) is 19.3 Å². The Kier molecular flexibility index (Phi) is 7.31. The summed E-state index contributed by atoms with van der Waals surface area (Å²) in [5.41, 5.74) is 1.02. The van der Waals surface area contributed by atoms with Gasteiger partial charge in [0.2, 0.25) is 0 Å². The van der Waals surface area contributed by atoms with Gasteiger partial charge in [-0.15, -0.1) is 0 Å². The molecule has 1 saturated heterocycles. The van der Waals surface area contributed by atoms with Gasteiger partial charge < -0.3 is 19.9 Å². The van der Waals surface area contributed by atoms with Gasteiger partial charge in [0, 0.05) is 30.9 Å². The fraction of sp³-hybridized carbons (Fsp3) is 0.632. The zero-order valence-corrected chi connectivity index (χ0v) is 16.2. The fourth-order valence-electron chi connectivity index (χ4n) is 3.13. The third kappa shape index (κ3) is 5.08. The average Bonchev–Trinajstić information content (AvgIpc) is 2.62. The number of likely N-dealkylation sites (tertiary alicyclic amines) is 1. The number of piperidine rings is 1. The van der Waals surface area contributed by atoms with Gasteiger partial charge in [-0.1, -0.05) is 6.92 Å². The summed E-state index contributed by atoms with van der Waals surface area (Å²) in [5, 5.41) is 4.17. The maximum Gasteiger partial charge on any atom is 0.173 e. The molecule has 0 radical (unpaired) electrons. The van der Waals surface area contributed by atoms with Crippen molar-refractivity contribution in [1.82, 2.24) is 9.80 Å². The molecule has 1 aromatic rings. The molecule has 24 heavy (non-hydrogen) atoms. The first-order chi connectivity index (χ1) is 11.5. The van der Waals surface area contributed by atoms with Crippen LogP contribution in [0.2, 0.25) is 0 Å². The minimum atomic E-state index is 0.649. The van der Waals surface area contributed by atoms with Crippen LogP contribution in [0.1, 0.15) is 40.0 Å². The fourth-order valence-corrected chi connectivity index (χ4v) is 3.43. The van der Waals surface area contributed by atoms with Gasteiger partial charge in [0.05, 0.1) is 6.61 Å². The van der Waals surface area contributed by atoms with Gasteiger partial charge in [0.15, 0.2) is 5.11 Å². The summed E-state index contributed by atoms with van der Waals surface area (Å²) in [7, 11) is 2.25. The molecule has 1 aliphatic heterocycles. The van der Waals surface area contributed by atoms with E-state index >= 15 is 0 Å². The lowest BCUT2D eigenvalue weighted by Gasteiger charge is -2.40. The number of ether oxygens (including phenoxy) is 1. The number of thiocarbonyl (C=S) groups is 1. The topological polar surface area (TPSA) is 27.7 Å². The number of benzene rings is 1. The molecule has 1 atom stereocenters. The zero-order chi connectivity index (χ0) is 17.5. The van der Waals surface area contributed by atoms with E-state index in [0.717, 1.165) is 29.6 Å². The van der Waals surface area contributed by atoms with Crippen LogP contribution in [0.4, 0.5) is 5.69 Å². The predicted octanol–water partition coefficient (Wildman–Crippen LogP) is 3.98. The van der Waals surface area contributed by atoms with Gasteiger partial charge in [-0.05, 0) is 76.6 Å². The van der Waals surface area contributed by atoms with Crippen molar-refractivity contribution >= 4 is 23.0 Å². The summed E-state index contributed by atoms with van der Waals surface area (Å²) in [6.07, 6.45) is 3.55. The number of rotatable bonds is 6. The molecule has 0 bridgehead atoms. The summed E-state index contributed by atoms with van der Waals surface area (Å²) < 4.78 is 5.47. The Balaban J connectivity index is 1.82. The van der Waals surface area contributed by atoms with Crippen LogP contribution in [-0.4, -0.2) is 53.7 Å². The highest BCUT2D eigenvalue weighted by Gasteiger charge is 2.25. The minimum Gasteiger partial charge on any atom is -0.494 e. The van der Waals surface area contributed by atoms with Gasteiger partial charge in [0.1, 0.15) is 5.75 Å². The molecular formula is C19H31N3OS. The molecule has 0 unspecified atom stereocenters. The summed E-state index contributed by atoms with van der Waals surface area (Å²) in [5.74, 6) is 0.892. The Bertz CT molecular complexity index is 512. The molecule has 1 heterocycles. The van der Waals surface area contributed by atoms with E-state index < -0.39 is 0 Å². The maximum absolute atomic E-state index is 5.59. The van der Waals surface area contributed by atoms with Crippen molar-refractivity contribution < 1.29 is 4.74 Å². The van der Waals surface area contributed by atoms with E-state index in [-0.39, 0.29) is 0 Å². The first kappa shape index (κ1) is 19.0. The van der Waals surface area contributed by atoms with Crippen LogP contribution in [0, 0.1) is 0 Å². The zero-order valence-electron chi connectivity index (χ0n) is 15.4. The number of hydrogen-bond donors (Lipinski definition) is 1. The van der Waals surface area contributed by atoms with Gasteiger partial charge in [-0.3, -0.25) is 0 Å². The van der Waals surface area contributed by atoms with E-state index in [0.29, 0.717) is 18.7 Å². The van der Waals surface area contributed by atoms with Crippen molar-refractivity contribution in [2.24, 2.45) is 0 Å². The first-order valence-corrected chi connectivity index (χ1v) is 9.46. The first-order valence-electron chi connectivity index (χ1n) is 9.05. The molecule has 0 saturated carbocycles. The third-order valence-electron chi connectivity index (χ3n) is 5.03. The number of hydrogen-bond acceptors (Lipinski definition) is 3. The molecule has 4 nitrogen and oxygen atoms in total. The molecule has 1 aliphatic rings. The summed E-state index contributed by atoms with van der Waals surface area (Å²) in [6.45, 7) is 9.29. The van der Waals surface area contributed by atoms with Crippen LogP contribution < -0.4 is 10.1 Å². The Morgan fingerprint density at radius 3 is 2.46 bits per heavy atom. The molecule has 2 rings (SSSR count). The second-order valence-electron chi connectivity index (χ2n) is 6.53. The molecule has 134 valence electrons. The molecule has 5 heteroatoms. The van der Waals surface area contributed by atoms with E-state index in [4.69, 9.17) is 17.0 Å². The number of nitrogens with one attached hydrogen (secondary N) is 1. The van der Waals surface area contributed by atoms with Crippen molar-refractivity contribution in [3.05, 3.63) is 24.3 Å². The second-order valence-corrected chi connectivity index (χ2v) is 6.92. The van der Waals surface area contributed by atoms with Gasteiger partial charge in [-0.25, -0.2) is 0 Å². The third-order valence-corrected chi connectivity index (χ3v) is 5.39. The predicted molar refractivity (Wildman–Crippen MR) is 106 cm³/mol. The van der Waals surface area contributed by atoms with Gasteiger partial charge >= 0.3 is 0 Å². The normalized spacial score (nSPS) is 17.0. The Labute approximate surface area is 152 Å². The van der Waals surface area contributed by atoms with Crippen molar-refractivity contribution in [2.45, 2.75) is 52.1 Å². The molecule has 1 aromatic carbocycles. The van der Waals surface area contributed by atoms with Gasteiger partial charge in [-0.2, -0.15) is 0 Å². The summed E-state index contributed by atoms with van der Waals surface area (Å²) in [6, 6.07) is 9.30. The number of nitrogens with zero attached hydrogens (tertiary/aromatic N) is 2. The van der Waals surface area contributed by atoms with E-state index in [9.17, 15) is 0 Å². The molecule has 0 amide bonds. The largest absolute Gasteiger partial charge is 0.494 e. The second kappa shape index (κ2) is 9.23. The quantitative estimate of drug-likeness (QED) is 0.784. The van der Waals surface area contributed by atoms with Crippen molar-refractivity contribution in [1.29, 1.82) is 0 Å². The maximum atomic E-state index is 5.59. The van der Waals surface area contributed by atoms with Gasteiger partial charge in [0.25, 0.3) is 0 Å². The van der Waals surface area contributed by atoms with E-state index in [1.54, 1.807) is 0 Å². The Hall–Kier alpha value is -1.33. The van der Waals surface area contributed by atoms with Crippen LogP contribution >= 0.6 is 12.2 Å². The van der Waals surface area contributed by atoms with Crippen molar-refractivity contribution in [2.75, 3.05) is 32.1 Å². The van der Waals surface area contributed by atoms with Crippen LogP contribution in [-0.2, 0) is 0 Å². The van der Waals surface area contributed by atoms with Crippen LogP contribution in [0.5, 0.6) is 5.75 Å². The van der Waals surface area contributed by atoms with Crippen molar-refractivity contribution in [3.63, 3.8) is 0 Å². The lowest BCUT2D eigenvalue weighted by atomic mass is 10.0. The molecule has 0 aliphatic carbocycles. The van der Waals surface area contributed by atoms with Crippen LogP contribution in [0.15, 0.2) is 24.3 Å². The lowest BCUT2D eigenvalue weighted by molar-refractivity contribution is 0.126. The molecular weight excluding hydrogens is 318 g/mol. The van der Waals surface area contributed by atoms with Crippen molar-refractivity contribution in [3.8, 4) is 5.75 Å². The number of anilines is 1. The van der Waals surface area contributed by atoms with Crippen LogP contribution in [0.25, 0.3) is 0 Å². The average molecular weight is 350 g/mol. The Morgan fingerprint density at radius 2 is 1.92 bits per heavy atom. The highest BCUT2D eigenvalue weighted by Crippen LogP contribution is 2.20.